The van der Waals surface area contributed by atoms with Gasteiger partial charge >= 0.3 is 6.03 Å². The SMILES string of the molecule is CC(NC(=O)NCc1cccc(C(=O)NCCN(C)C)c1)c1ccc2c(c1)CCCC2. The maximum Gasteiger partial charge on any atom is 0.315 e. The molecular weight excluding hydrogens is 388 g/mol. The second-order valence-corrected chi connectivity index (χ2v) is 8.54. The topological polar surface area (TPSA) is 73.5 Å². The Kier molecular flexibility index (Phi) is 8.06. The van der Waals surface area contributed by atoms with Crippen LogP contribution in [0.15, 0.2) is 42.5 Å². The first-order valence-corrected chi connectivity index (χ1v) is 11.1. The molecule has 3 amide bonds. The van der Waals surface area contributed by atoms with Gasteiger partial charge in [-0.15, -0.1) is 0 Å². The lowest BCUT2D eigenvalue weighted by atomic mass is 9.89. The number of amides is 3. The lowest BCUT2D eigenvalue weighted by Crippen LogP contribution is -2.36. The van der Waals surface area contributed by atoms with Crippen molar-refractivity contribution in [3.8, 4) is 0 Å². The van der Waals surface area contributed by atoms with Gasteiger partial charge in [-0.1, -0.05) is 30.3 Å². The first-order chi connectivity index (χ1) is 14.9. The Morgan fingerprint density at radius 3 is 2.55 bits per heavy atom. The van der Waals surface area contributed by atoms with Crippen LogP contribution in [0.4, 0.5) is 4.79 Å². The zero-order chi connectivity index (χ0) is 22.2. The van der Waals surface area contributed by atoms with Crippen LogP contribution in [-0.4, -0.2) is 44.0 Å². The molecular formula is C25H34N4O2. The Morgan fingerprint density at radius 1 is 1.00 bits per heavy atom. The third kappa shape index (κ3) is 6.82. The van der Waals surface area contributed by atoms with Crippen molar-refractivity contribution >= 4 is 11.9 Å². The van der Waals surface area contributed by atoms with Gasteiger partial charge in [0, 0.05) is 25.2 Å². The van der Waals surface area contributed by atoms with Gasteiger partial charge in [0.1, 0.15) is 0 Å². The number of carbonyl (C=O) groups is 2. The molecule has 1 aliphatic carbocycles. The molecule has 1 aliphatic rings. The van der Waals surface area contributed by atoms with Crippen LogP contribution in [0.3, 0.4) is 0 Å². The molecule has 0 spiro atoms. The predicted octanol–water partition coefficient (Wildman–Crippen LogP) is 3.42. The van der Waals surface area contributed by atoms with Crippen molar-refractivity contribution in [1.82, 2.24) is 20.9 Å². The molecule has 0 fully saturated rings. The molecule has 0 aromatic heterocycles. The Labute approximate surface area is 185 Å². The van der Waals surface area contributed by atoms with Crippen LogP contribution in [-0.2, 0) is 19.4 Å². The van der Waals surface area contributed by atoms with Gasteiger partial charge in [0.15, 0.2) is 0 Å². The minimum atomic E-state index is -0.217. The highest BCUT2D eigenvalue weighted by Gasteiger charge is 2.14. The van der Waals surface area contributed by atoms with Crippen molar-refractivity contribution in [3.63, 3.8) is 0 Å². The maximum absolute atomic E-state index is 12.4. The summed E-state index contributed by atoms with van der Waals surface area (Å²) in [5, 5.41) is 8.82. The highest BCUT2D eigenvalue weighted by atomic mass is 16.2. The summed E-state index contributed by atoms with van der Waals surface area (Å²) in [6, 6.07) is 13.6. The zero-order valence-corrected chi connectivity index (χ0v) is 18.8. The molecule has 3 N–H and O–H groups in total. The Morgan fingerprint density at radius 2 is 1.77 bits per heavy atom. The van der Waals surface area contributed by atoms with Gasteiger partial charge in [-0.3, -0.25) is 4.79 Å². The summed E-state index contributed by atoms with van der Waals surface area (Å²) < 4.78 is 0. The molecule has 6 nitrogen and oxygen atoms in total. The summed E-state index contributed by atoms with van der Waals surface area (Å²) in [7, 11) is 3.94. The lowest BCUT2D eigenvalue weighted by molar-refractivity contribution is 0.0951. The Bertz CT molecular complexity index is 910. The fourth-order valence-corrected chi connectivity index (χ4v) is 3.85. The first kappa shape index (κ1) is 22.8. The van der Waals surface area contributed by atoms with Crippen LogP contribution in [0.1, 0.15) is 58.4 Å². The van der Waals surface area contributed by atoms with Crippen molar-refractivity contribution in [2.45, 2.75) is 45.2 Å². The van der Waals surface area contributed by atoms with Crippen molar-refractivity contribution in [3.05, 3.63) is 70.3 Å². The molecule has 2 aromatic rings. The third-order valence-corrected chi connectivity index (χ3v) is 5.71. The minimum absolute atomic E-state index is 0.0685. The standard InChI is InChI=1S/C25H34N4O2/c1-18(21-12-11-20-8-4-5-9-22(20)16-21)28-25(31)27-17-19-7-6-10-23(15-19)24(30)26-13-14-29(2)3/h6-7,10-12,15-16,18H,4-5,8-9,13-14,17H2,1-3H3,(H,26,30)(H2,27,28,31). The number of likely N-dealkylation sites (N-methyl/N-ethyl adjacent to an activating group) is 1. The van der Waals surface area contributed by atoms with Crippen molar-refractivity contribution in [2.24, 2.45) is 0 Å². The molecule has 0 bridgehead atoms. The van der Waals surface area contributed by atoms with Crippen molar-refractivity contribution in [2.75, 3.05) is 27.2 Å². The van der Waals surface area contributed by atoms with E-state index in [4.69, 9.17) is 0 Å². The van der Waals surface area contributed by atoms with E-state index in [1.165, 1.54) is 24.0 Å². The van der Waals surface area contributed by atoms with Crippen molar-refractivity contribution < 1.29 is 9.59 Å². The number of aryl methyl sites for hydroxylation is 2. The predicted molar refractivity (Wildman–Crippen MR) is 124 cm³/mol. The summed E-state index contributed by atoms with van der Waals surface area (Å²) in [4.78, 5) is 26.7. The van der Waals surface area contributed by atoms with Gasteiger partial charge in [-0.2, -0.15) is 0 Å². The molecule has 0 saturated carbocycles. The molecule has 0 heterocycles. The Balaban J connectivity index is 1.49. The minimum Gasteiger partial charge on any atom is -0.351 e. The van der Waals surface area contributed by atoms with Gasteiger partial charge < -0.3 is 20.9 Å². The van der Waals surface area contributed by atoms with Gasteiger partial charge in [-0.05, 0) is 81.1 Å². The number of benzene rings is 2. The average molecular weight is 423 g/mol. The van der Waals surface area contributed by atoms with E-state index in [-0.39, 0.29) is 18.0 Å². The number of rotatable bonds is 8. The molecule has 1 unspecified atom stereocenters. The quantitative estimate of drug-likeness (QED) is 0.610. The molecule has 3 rings (SSSR count). The summed E-state index contributed by atoms with van der Waals surface area (Å²) in [5.74, 6) is -0.103. The van der Waals surface area contributed by atoms with Gasteiger partial charge in [0.2, 0.25) is 0 Å². The van der Waals surface area contributed by atoms with Crippen LogP contribution in [0.2, 0.25) is 0 Å². The van der Waals surface area contributed by atoms with E-state index in [9.17, 15) is 9.59 Å². The number of carbonyl (C=O) groups excluding carboxylic acids is 2. The third-order valence-electron chi connectivity index (χ3n) is 5.71. The van der Waals surface area contributed by atoms with E-state index >= 15 is 0 Å². The second kappa shape index (κ2) is 11.0. The van der Waals surface area contributed by atoms with Gasteiger partial charge in [-0.25, -0.2) is 4.79 Å². The summed E-state index contributed by atoms with van der Waals surface area (Å²) in [6.45, 7) is 3.75. The summed E-state index contributed by atoms with van der Waals surface area (Å²) in [6.07, 6.45) is 4.79. The number of hydrogen-bond acceptors (Lipinski definition) is 3. The van der Waals surface area contributed by atoms with E-state index < -0.39 is 0 Å². The van der Waals surface area contributed by atoms with Gasteiger partial charge in [0.05, 0.1) is 6.04 Å². The first-order valence-electron chi connectivity index (χ1n) is 11.1. The second-order valence-electron chi connectivity index (χ2n) is 8.54. The molecule has 31 heavy (non-hydrogen) atoms. The number of urea groups is 1. The lowest BCUT2D eigenvalue weighted by Gasteiger charge is -2.20. The molecule has 0 radical (unpaired) electrons. The smallest absolute Gasteiger partial charge is 0.315 e. The number of fused-ring (bicyclic) bond motifs is 1. The molecule has 0 saturated heterocycles. The highest BCUT2D eigenvalue weighted by molar-refractivity contribution is 5.94. The van der Waals surface area contributed by atoms with Crippen LogP contribution >= 0.6 is 0 Å². The van der Waals surface area contributed by atoms with Crippen LogP contribution in [0.5, 0.6) is 0 Å². The zero-order valence-electron chi connectivity index (χ0n) is 18.8. The summed E-state index contributed by atoms with van der Waals surface area (Å²) >= 11 is 0. The maximum atomic E-state index is 12.4. The van der Waals surface area contributed by atoms with E-state index in [0.717, 1.165) is 30.5 Å². The summed E-state index contributed by atoms with van der Waals surface area (Å²) in [5.41, 5.74) is 5.47. The highest BCUT2D eigenvalue weighted by Crippen LogP contribution is 2.24. The number of hydrogen-bond donors (Lipinski definition) is 3. The Hall–Kier alpha value is -2.86. The molecule has 166 valence electrons. The average Bonchev–Trinajstić information content (AvgIpc) is 2.77. The normalized spacial score (nSPS) is 13.9. The fraction of sp³-hybridized carbons (Fsp3) is 0.440. The van der Waals surface area contributed by atoms with E-state index in [1.807, 2.05) is 44.1 Å². The van der Waals surface area contributed by atoms with Crippen LogP contribution < -0.4 is 16.0 Å². The van der Waals surface area contributed by atoms with Gasteiger partial charge in [0.25, 0.3) is 5.91 Å². The molecule has 1 atom stereocenters. The molecule has 0 aliphatic heterocycles. The number of nitrogens with one attached hydrogen (secondary N) is 3. The van der Waals surface area contributed by atoms with E-state index in [1.54, 1.807) is 6.07 Å². The molecule has 2 aromatic carbocycles. The largest absolute Gasteiger partial charge is 0.351 e. The monoisotopic (exact) mass is 422 g/mol. The molecule has 6 heteroatoms. The van der Waals surface area contributed by atoms with E-state index in [2.05, 4.69) is 34.1 Å². The van der Waals surface area contributed by atoms with Crippen LogP contribution in [0, 0.1) is 0 Å². The number of nitrogens with zero attached hydrogens (tertiary/aromatic N) is 1. The van der Waals surface area contributed by atoms with E-state index in [0.29, 0.717) is 18.7 Å². The van der Waals surface area contributed by atoms with Crippen LogP contribution in [0.25, 0.3) is 0 Å². The van der Waals surface area contributed by atoms with Crippen molar-refractivity contribution in [1.29, 1.82) is 0 Å². The fourth-order valence-electron chi connectivity index (χ4n) is 3.85.